The number of hydrogen-bond acceptors (Lipinski definition) is 2. The molecule has 0 fully saturated rings. The Kier molecular flexibility index (Phi) is 3.47. The maximum Gasteiger partial charge on any atom is 0.339 e. The molecule has 73 valence electrons. The fourth-order valence-electron chi connectivity index (χ4n) is 0.947. The van der Waals surface area contributed by atoms with Crippen LogP contribution in [0.3, 0.4) is 0 Å². The molecule has 14 heavy (non-hydrogen) atoms. The zero-order valence-corrected chi connectivity index (χ0v) is 8.86. The minimum absolute atomic E-state index is 0.193. The van der Waals surface area contributed by atoms with Crippen LogP contribution in [0.15, 0.2) is 36.5 Å². The maximum atomic E-state index is 10.8. The number of carbonyl (C=O) groups is 1. The van der Waals surface area contributed by atoms with Crippen LogP contribution in [0.1, 0.15) is 10.4 Å². The van der Waals surface area contributed by atoms with Crippen molar-refractivity contribution in [1.29, 1.82) is 0 Å². The minimum atomic E-state index is -1.14. The number of para-hydroxylation sites is 1. The summed E-state index contributed by atoms with van der Waals surface area (Å²) in [6.45, 7) is 5.50. The molecule has 0 atom stereocenters. The summed E-state index contributed by atoms with van der Waals surface area (Å²) in [5.74, 6) is -0.559. The topological polar surface area (TPSA) is 46.5 Å². The van der Waals surface area contributed by atoms with E-state index in [1.807, 2.05) is 6.55 Å². The molecule has 0 saturated heterocycles. The molecule has 0 spiro atoms. The minimum Gasteiger partial charge on any atom is -0.538 e. The third kappa shape index (κ3) is 2.47. The number of benzene rings is 1. The van der Waals surface area contributed by atoms with Gasteiger partial charge in [-0.3, -0.25) is 0 Å². The summed E-state index contributed by atoms with van der Waals surface area (Å²) < 4.78 is 5.46. The van der Waals surface area contributed by atoms with Crippen LogP contribution in [0, 0.1) is 0 Å². The van der Waals surface area contributed by atoms with E-state index in [1.165, 1.54) is 6.07 Å². The Morgan fingerprint density at radius 1 is 1.57 bits per heavy atom. The van der Waals surface area contributed by atoms with E-state index >= 15 is 0 Å². The average molecular weight is 207 g/mol. The van der Waals surface area contributed by atoms with Crippen LogP contribution in [0.4, 0.5) is 0 Å². The molecular weight excluding hydrogens is 196 g/mol. The van der Waals surface area contributed by atoms with Crippen molar-refractivity contribution in [2.75, 3.05) is 0 Å². The van der Waals surface area contributed by atoms with Gasteiger partial charge in [0, 0.05) is 0 Å². The molecule has 1 aromatic carbocycles. The van der Waals surface area contributed by atoms with Gasteiger partial charge >= 0.3 is 15.0 Å². The number of carboxylic acids is 1. The van der Waals surface area contributed by atoms with Crippen LogP contribution >= 0.6 is 0 Å². The highest BCUT2D eigenvalue weighted by Gasteiger charge is 2.12. The lowest BCUT2D eigenvalue weighted by molar-refractivity contribution is 0.0695. The third-order valence-corrected chi connectivity index (χ3v) is 2.79. The molecule has 1 aromatic rings. The zero-order chi connectivity index (χ0) is 10.6. The van der Waals surface area contributed by atoms with Gasteiger partial charge in [0.1, 0.15) is 5.75 Å². The first-order chi connectivity index (χ1) is 6.65. The van der Waals surface area contributed by atoms with Gasteiger partial charge in [0.25, 0.3) is 0 Å². The summed E-state index contributed by atoms with van der Waals surface area (Å²) >= 11 is 0. The quantitative estimate of drug-likeness (QED) is 0.769. The van der Waals surface area contributed by atoms with E-state index in [2.05, 4.69) is 6.58 Å². The Bertz CT molecular complexity index is 349. The van der Waals surface area contributed by atoms with Crippen LogP contribution in [0.2, 0.25) is 6.55 Å². The van der Waals surface area contributed by atoms with Crippen molar-refractivity contribution in [3.8, 4) is 5.75 Å². The Balaban J connectivity index is 2.95. The van der Waals surface area contributed by atoms with Gasteiger partial charge in [0.05, 0.1) is 5.56 Å². The Morgan fingerprint density at radius 2 is 2.21 bits per heavy atom. The van der Waals surface area contributed by atoms with E-state index in [9.17, 15) is 4.79 Å². The van der Waals surface area contributed by atoms with Gasteiger partial charge < -0.3 is 9.53 Å². The molecule has 0 unspecified atom stereocenters. The van der Waals surface area contributed by atoms with E-state index in [0.717, 1.165) is 0 Å². The summed E-state index contributed by atoms with van der Waals surface area (Å²) in [6, 6.07) is 6.60. The first-order valence-electron chi connectivity index (χ1n) is 4.11. The molecule has 0 aliphatic heterocycles. The van der Waals surface area contributed by atoms with Crippen molar-refractivity contribution < 1.29 is 14.3 Å². The van der Waals surface area contributed by atoms with Crippen molar-refractivity contribution in [3.05, 3.63) is 42.1 Å². The second kappa shape index (κ2) is 4.62. The van der Waals surface area contributed by atoms with Crippen molar-refractivity contribution in [2.24, 2.45) is 0 Å². The fraction of sp³-hybridized carbons (Fsp3) is 0.100. The Hall–Kier alpha value is -1.55. The molecule has 1 radical (unpaired) electrons. The fourth-order valence-corrected chi connectivity index (χ4v) is 1.56. The van der Waals surface area contributed by atoms with Crippen LogP contribution in [-0.4, -0.2) is 20.1 Å². The molecule has 4 heteroatoms. The van der Waals surface area contributed by atoms with Gasteiger partial charge in [-0.05, 0) is 18.7 Å². The van der Waals surface area contributed by atoms with E-state index in [-0.39, 0.29) is 5.56 Å². The first-order valence-corrected chi connectivity index (χ1v) is 6.10. The first kappa shape index (κ1) is 10.5. The molecule has 0 aliphatic carbocycles. The number of rotatable bonds is 4. The van der Waals surface area contributed by atoms with Gasteiger partial charge in [0.2, 0.25) is 0 Å². The summed E-state index contributed by atoms with van der Waals surface area (Å²) in [4.78, 5) is 10.8. The zero-order valence-electron chi connectivity index (χ0n) is 7.86. The SMILES string of the molecule is C=C[Si](C)Oc1ccccc1C(=O)O. The lowest BCUT2D eigenvalue weighted by atomic mass is 10.2. The third-order valence-electron chi connectivity index (χ3n) is 1.68. The van der Waals surface area contributed by atoms with Crippen molar-refractivity contribution >= 4 is 15.0 Å². The van der Waals surface area contributed by atoms with Crippen LogP contribution < -0.4 is 4.43 Å². The predicted molar refractivity (Wildman–Crippen MR) is 55.8 cm³/mol. The Labute approximate surface area is 84.4 Å². The number of hydrogen-bond donors (Lipinski definition) is 1. The summed E-state index contributed by atoms with van der Waals surface area (Å²) in [5.41, 5.74) is 1.90. The average Bonchev–Trinajstić information content (AvgIpc) is 2.18. The van der Waals surface area contributed by atoms with Crippen LogP contribution in [-0.2, 0) is 0 Å². The molecule has 0 saturated carbocycles. The van der Waals surface area contributed by atoms with E-state index < -0.39 is 15.0 Å². The van der Waals surface area contributed by atoms with Crippen molar-refractivity contribution in [2.45, 2.75) is 6.55 Å². The lowest BCUT2D eigenvalue weighted by Gasteiger charge is -2.10. The molecular formula is C10H11O3Si. The molecule has 0 heterocycles. The van der Waals surface area contributed by atoms with Crippen molar-refractivity contribution in [1.82, 2.24) is 0 Å². The largest absolute Gasteiger partial charge is 0.538 e. The van der Waals surface area contributed by atoms with Gasteiger partial charge in [-0.1, -0.05) is 17.8 Å². The highest BCUT2D eigenvalue weighted by molar-refractivity contribution is 6.56. The predicted octanol–water partition coefficient (Wildman–Crippen LogP) is 2.11. The summed E-state index contributed by atoms with van der Waals surface area (Å²) in [6.07, 6.45) is 0. The van der Waals surface area contributed by atoms with Gasteiger partial charge in [-0.15, -0.1) is 6.58 Å². The Morgan fingerprint density at radius 3 is 2.79 bits per heavy atom. The lowest BCUT2D eigenvalue weighted by Crippen LogP contribution is -2.15. The molecule has 0 bridgehead atoms. The van der Waals surface area contributed by atoms with E-state index in [1.54, 1.807) is 23.9 Å². The molecule has 0 amide bonds. The highest BCUT2D eigenvalue weighted by atomic mass is 28.3. The molecule has 0 aromatic heterocycles. The monoisotopic (exact) mass is 207 g/mol. The van der Waals surface area contributed by atoms with E-state index in [4.69, 9.17) is 9.53 Å². The van der Waals surface area contributed by atoms with Gasteiger partial charge in [-0.25, -0.2) is 4.79 Å². The molecule has 3 nitrogen and oxygen atoms in total. The summed E-state index contributed by atoms with van der Waals surface area (Å²) in [5, 5.41) is 8.86. The van der Waals surface area contributed by atoms with Gasteiger partial charge in [-0.2, -0.15) is 0 Å². The van der Waals surface area contributed by atoms with Gasteiger partial charge in [0.15, 0.2) is 0 Å². The van der Waals surface area contributed by atoms with Crippen molar-refractivity contribution in [3.63, 3.8) is 0 Å². The van der Waals surface area contributed by atoms with Crippen LogP contribution in [0.25, 0.3) is 0 Å². The second-order valence-corrected chi connectivity index (χ2v) is 4.55. The van der Waals surface area contributed by atoms with E-state index in [0.29, 0.717) is 5.75 Å². The number of aromatic carboxylic acids is 1. The molecule has 0 aliphatic rings. The molecule has 1 N–H and O–H groups in total. The second-order valence-electron chi connectivity index (χ2n) is 2.72. The maximum absolute atomic E-state index is 10.8. The normalized spacial score (nSPS) is 9.86. The standard InChI is InChI=1S/C10H11O3Si/c1-3-14(2)13-9-7-5-4-6-8(9)10(11)12/h3-7H,1H2,2H3,(H,11,12). The highest BCUT2D eigenvalue weighted by Crippen LogP contribution is 2.18. The smallest absolute Gasteiger partial charge is 0.339 e. The van der Waals surface area contributed by atoms with Crippen LogP contribution in [0.5, 0.6) is 5.75 Å². The number of carboxylic acid groups (broad SMARTS) is 1. The molecule has 1 rings (SSSR count). The summed E-state index contributed by atoms with van der Waals surface area (Å²) in [7, 11) is -1.14.